The maximum Gasteiger partial charge on any atom is 0.264 e. The molecule has 0 fully saturated rings. The van der Waals surface area contributed by atoms with Crippen LogP contribution in [0, 0.1) is 6.92 Å². The molecule has 0 saturated heterocycles. The second-order valence-electron chi connectivity index (χ2n) is 7.23. The van der Waals surface area contributed by atoms with Crippen LogP contribution in [0.15, 0.2) is 65.6 Å². The molecule has 1 N–H and O–H groups in total. The number of benzene rings is 3. The lowest BCUT2D eigenvalue weighted by Gasteiger charge is -2.25. The van der Waals surface area contributed by atoms with E-state index in [-0.39, 0.29) is 10.6 Å². The number of methoxy groups -OCH3 is 3. The number of hydrogen-bond donors (Lipinski definition) is 1. The van der Waals surface area contributed by atoms with Crippen LogP contribution >= 0.6 is 11.6 Å². The minimum atomic E-state index is -4.16. The van der Waals surface area contributed by atoms with E-state index in [1.165, 1.54) is 39.5 Å². The summed E-state index contributed by atoms with van der Waals surface area (Å²) in [6.07, 6.45) is 0. The summed E-state index contributed by atoms with van der Waals surface area (Å²) in [5.41, 5.74) is 1.57. The minimum absolute atomic E-state index is 0.0589. The Morgan fingerprint density at radius 3 is 2.18 bits per heavy atom. The second-order valence-corrected chi connectivity index (χ2v) is 9.53. The molecule has 0 aliphatic carbocycles. The molecule has 180 valence electrons. The van der Waals surface area contributed by atoms with Crippen LogP contribution in [0.2, 0.25) is 5.02 Å². The zero-order chi connectivity index (χ0) is 24.9. The number of hydrogen-bond acceptors (Lipinski definition) is 6. The zero-order valence-electron chi connectivity index (χ0n) is 19.2. The summed E-state index contributed by atoms with van der Waals surface area (Å²) in [6.45, 7) is 1.33. The number of amides is 1. The van der Waals surface area contributed by atoms with Crippen molar-refractivity contribution in [1.82, 2.24) is 0 Å². The minimum Gasteiger partial charge on any atom is -0.497 e. The Labute approximate surface area is 204 Å². The number of sulfonamides is 1. The maximum absolute atomic E-state index is 13.7. The van der Waals surface area contributed by atoms with Crippen molar-refractivity contribution in [3.63, 3.8) is 0 Å². The van der Waals surface area contributed by atoms with E-state index in [0.717, 1.165) is 9.87 Å². The third-order valence-electron chi connectivity index (χ3n) is 5.05. The number of aryl methyl sites for hydroxylation is 1. The lowest BCUT2D eigenvalue weighted by molar-refractivity contribution is -0.114. The monoisotopic (exact) mass is 504 g/mol. The van der Waals surface area contributed by atoms with Gasteiger partial charge in [0, 0.05) is 16.8 Å². The molecule has 10 heteroatoms. The summed E-state index contributed by atoms with van der Waals surface area (Å²) in [6, 6.07) is 15.6. The van der Waals surface area contributed by atoms with Gasteiger partial charge in [0.25, 0.3) is 10.0 Å². The first kappa shape index (κ1) is 25.2. The number of halogens is 1. The van der Waals surface area contributed by atoms with Crippen molar-refractivity contribution in [3.8, 4) is 17.2 Å². The fraction of sp³-hybridized carbons (Fsp3) is 0.208. The first-order valence-electron chi connectivity index (χ1n) is 10.1. The Balaban J connectivity index is 2.00. The average molecular weight is 505 g/mol. The summed E-state index contributed by atoms with van der Waals surface area (Å²) in [5, 5.41) is 3.29. The highest BCUT2D eigenvalue weighted by atomic mass is 35.5. The van der Waals surface area contributed by atoms with Crippen molar-refractivity contribution in [2.45, 2.75) is 11.8 Å². The molecule has 3 aromatic rings. The first-order valence-corrected chi connectivity index (χ1v) is 12.0. The summed E-state index contributed by atoms with van der Waals surface area (Å²) < 4.78 is 44.0. The Morgan fingerprint density at radius 2 is 1.59 bits per heavy atom. The van der Waals surface area contributed by atoms with Gasteiger partial charge in [-0.2, -0.15) is 0 Å². The van der Waals surface area contributed by atoms with Crippen LogP contribution in [0.5, 0.6) is 17.2 Å². The lowest BCUT2D eigenvalue weighted by atomic mass is 10.2. The Bertz CT molecular complexity index is 1280. The van der Waals surface area contributed by atoms with Crippen LogP contribution in [-0.4, -0.2) is 42.2 Å². The fourth-order valence-electron chi connectivity index (χ4n) is 3.26. The number of carbonyl (C=O) groups is 1. The van der Waals surface area contributed by atoms with Crippen LogP contribution < -0.4 is 23.8 Å². The van der Waals surface area contributed by atoms with E-state index in [1.807, 2.05) is 0 Å². The number of rotatable bonds is 9. The standard InChI is InChI=1S/C24H25ClN2O6S/c1-16-13-17(25)5-11-21(16)26-24(28)15-27(18-6-8-19(31-2)9-7-18)34(29,30)20-10-12-22(32-3)23(14-20)33-4/h5-14H,15H2,1-4H3,(H,26,28). The second kappa shape index (κ2) is 10.7. The predicted molar refractivity (Wildman–Crippen MR) is 132 cm³/mol. The molecule has 8 nitrogen and oxygen atoms in total. The van der Waals surface area contributed by atoms with Crippen molar-refractivity contribution < 1.29 is 27.4 Å². The van der Waals surface area contributed by atoms with Gasteiger partial charge < -0.3 is 19.5 Å². The summed E-state index contributed by atoms with van der Waals surface area (Å²) in [7, 11) is 0.220. The number of carbonyl (C=O) groups excluding carboxylic acids is 1. The van der Waals surface area contributed by atoms with Gasteiger partial charge in [-0.3, -0.25) is 9.10 Å². The SMILES string of the molecule is COc1ccc(N(CC(=O)Nc2ccc(Cl)cc2C)S(=O)(=O)c2ccc(OC)c(OC)c2)cc1. The number of nitrogens with one attached hydrogen (secondary N) is 1. The molecule has 0 aliphatic heterocycles. The molecule has 0 spiro atoms. The van der Waals surface area contributed by atoms with Crippen LogP contribution in [0.1, 0.15) is 5.56 Å². The molecule has 0 radical (unpaired) electrons. The van der Waals surface area contributed by atoms with Crippen molar-refractivity contribution in [1.29, 1.82) is 0 Å². The van der Waals surface area contributed by atoms with E-state index in [0.29, 0.717) is 27.9 Å². The van der Waals surface area contributed by atoms with E-state index >= 15 is 0 Å². The number of nitrogens with zero attached hydrogens (tertiary/aromatic N) is 1. The first-order chi connectivity index (χ1) is 16.2. The predicted octanol–water partition coefficient (Wildman–Crippen LogP) is 4.51. The molecule has 34 heavy (non-hydrogen) atoms. The number of anilines is 2. The van der Waals surface area contributed by atoms with Gasteiger partial charge in [0.2, 0.25) is 5.91 Å². The smallest absolute Gasteiger partial charge is 0.264 e. The highest BCUT2D eigenvalue weighted by Gasteiger charge is 2.28. The normalized spacial score (nSPS) is 11.0. The zero-order valence-corrected chi connectivity index (χ0v) is 20.7. The van der Waals surface area contributed by atoms with Crippen molar-refractivity contribution in [3.05, 3.63) is 71.2 Å². The van der Waals surface area contributed by atoms with E-state index in [1.54, 1.807) is 49.4 Å². The largest absolute Gasteiger partial charge is 0.497 e. The van der Waals surface area contributed by atoms with Gasteiger partial charge in [-0.25, -0.2) is 8.42 Å². The van der Waals surface area contributed by atoms with Crippen molar-refractivity contribution in [2.24, 2.45) is 0 Å². The van der Waals surface area contributed by atoms with Crippen LogP contribution in [0.4, 0.5) is 11.4 Å². The molecule has 3 aromatic carbocycles. The molecule has 0 aromatic heterocycles. The molecular formula is C24H25ClN2O6S. The third kappa shape index (κ3) is 5.55. The average Bonchev–Trinajstić information content (AvgIpc) is 2.83. The van der Waals surface area contributed by atoms with Crippen molar-refractivity contribution in [2.75, 3.05) is 37.5 Å². The molecular weight excluding hydrogens is 480 g/mol. The van der Waals surface area contributed by atoms with E-state index < -0.39 is 22.5 Å². The third-order valence-corrected chi connectivity index (χ3v) is 7.06. The molecule has 1 amide bonds. The molecule has 0 aliphatic rings. The fourth-order valence-corrected chi connectivity index (χ4v) is 4.92. The lowest BCUT2D eigenvalue weighted by Crippen LogP contribution is -2.38. The highest BCUT2D eigenvalue weighted by Crippen LogP contribution is 2.32. The maximum atomic E-state index is 13.7. The van der Waals surface area contributed by atoms with Crippen LogP contribution in [0.25, 0.3) is 0 Å². The van der Waals surface area contributed by atoms with Gasteiger partial charge >= 0.3 is 0 Å². The van der Waals surface area contributed by atoms with E-state index in [9.17, 15) is 13.2 Å². The summed E-state index contributed by atoms with van der Waals surface area (Å²) in [4.78, 5) is 12.9. The van der Waals surface area contributed by atoms with Gasteiger partial charge in [-0.1, -0.05) is 11.6 Å². The molecule has 0 heterocycles. The summed E-state index contributed by atoms with van der Waals surface area (Å²) in [5.74, 6) is 0.659. The Kier molecular flexibility index (Phi) is 7.90. The quantitative estimate of drug-likeness (QED) is 0.461. The molecule has 0 saturated carbocycles. The van der Waals surface area contributed by atoms with Crippen LogP contribution in [0.3, 0.4) is 0 Å². The Hall–Kier alpha value is -3.43. The summed E-state index contributed by atoms with van der Waals surface area (Å²) >= 11 is 5.99. The molecule has 0 unspecified atom stereocenters. The van der Waals surface area contributed by atoms with Gasteiger partial charge in [0.1, 0.15) is 12.3 Å². The van der Waals surface area contributed by atoms with Crippen molar-refractivity contribution >= 4 is 38.9 Å². The topological polar surface area (TPSA) is 94.2 Å². The van der Waals surface area contributed by atoms with Gasteiger partial charge in [0.05, 0.1) is 31.9 Å². The van der Waals surface area contributed by atoms with Crippen LogP contribution in [-0.2, 0) is 14.8 Å². The molecule has 0 bridgehead atoms. The molecule has 3 rings (SSSR count). The van der Waals surface area contributed by atoms with Gasteiger partial charge in [0.15, 0.2) is 11.5 Å². The highest BCUT2D eigenvalue weighted by molar-refractivity contribution is 7.92. The van der Waals surface area contributed by atoms with Gasteiger partial charge in [-0.05, 0) is 67.1 Å². The van der Waals surface area contributed by atoms with Gasteiger partial charge in [-0.15, -0.1) is 0 Å². The Morgan fingerprint density at radius 1 is 0.912 bits per heavy atom. The van der Waals surface area contributed by atoms with E-state index in [2.05, 4.69) is 5.32 Å². The van der Waals surface area contributed by atoms with E-state index in [4.69, 9.17) is 25.8 Å². The molecule has 0 atom stereocenters. The number of ether oxygens (including phenoxy) is 3.